The van der Waals surface area contributed by atoms with Crippen molar-refractivity contribution >= 4 is 29.1 Å². The molecule has 0 radical (unpaired) electrons. The molecule has 0 bridgehead atoms. The van der Waals surface area contributed by atoms with Crippen LogP contribution in [0, 0.1) is 5.41 Å². The Morgan fingerprint density at radius 1 is 1.40 bits per heavy atom. The molecule has 0 aromatic rings. The van der Waals surface area contributed by atoms with Crippen LogP contribution in [0.3, 0.4) is 0 Å². The third-order valence-electron chi connectivity index (χ3n) is 2.95. The molecule has 1 fully saturated rings. The van der Waals surface area contributed by atoms with Crippen molar-refractivity contribution in [3.8, 4) is 0 Å². The minimum absolute atomic E-state index is 0.250. The maximum Gasteiger partial charge on any atom is 0.328 e. The van der Waals surface area contributed by atoms with Crippen molar-refractivity contribution < 1.29 is 9.59 Å². The van der Waals surface area contributed by atoms with Crippen LogP contribution >= 0.6 is 12.2 Å². The van der Waals surface area contributed by atoms with Gasteiger partial charge >= 0.3 is 6.03 Å². The van der Waals surface area contributed by atoms with E-state index in [9.17, 15) is 9.59 Å². The van der Waals surface area contributed by atoms with Crippen molar-refractivity contribution in [2.45, 2.75) is 33.1 Å². The molecule has 84 valence electrons. The quantitative estimate of drug-likeness (QED) is 0.748. The van der Waals surface area contributed by atoms with E-state index in [1.54, 1.807) is 7.05 Å². The molecule has 1 atom stereocenters. The average molecular weight is 228 g/mol. The van der Waals surface area contributed by atoms with Crippen LogP contribution in [0.5, 0.6) is 0 Å². The number of thiocarbonyl (C=S) groups is 1. The highest BCUT2D eigenvalue weighted by Gasteiger charge is 2.47. The third kappa shape index (κ3) is 1.76. The van der Waals surface area contributed by atoms with Crippen molar-refractivity contribution in [3.63, 3.8) is 0 Å². The molecule has 15 heavy (non-hydrogen) atoms. The van der Waals surface area contributed by atoms with Crippen LogP contribution in [0.4, 0.5) is 4.79 Å². The van der Waals surface area contributed by atoms with Gasteiger partial charge in [-0.05, 0) is 12.8 Å². The van der Waals surface area contributed by atoms with Crippen LogP contribution in [-0.4, -0.2) is 28.9 Å². The number of amides is 3. The zero-order valence-corrected chi connectivity index (χ0v) is 10.1. The van der Waals surface area contributed by atoms with E-state index in [2.05, 4.69) is 5.32 Å². The molecule has 0 aliphatic carbocycles. The second-order valence-electron chi connectivity index (χ2n) is 3.81. The summed E-state index contributed by atoms with van der Waals surface area (Å²) in [6, 6.07) is -0.426. The Hall–Kier alpha value is -0.970. The van der Waals surface area contributed by atoms with Gasteiger partial charge in [-0.15, -0.1) is 0 Å². The van der Waals surface area contributed by atoms with Crippen LogP contribution in [0.2, 0.25) is 0 Å². The van der Waals surface area contributed by atoms with Crippen LogP contribution in [0.15, 0.2) is 0 Å². The minimum atomic E-state index is -0.674. The molecule has 1 N–H and O–H groups in total. The van der Waals surface area contributed by atoms with Crippen molar-refractivity contribution in [3.05, 3.63) is 0 Å². The molecule has 1 aliphatic heterocycles. The topological polar surface area (TPSA) is 49.4 Å². The van der Waals surface area contributed by atoms with Gasteiger partial charge in [-0.1, -0.05) is 32.5 Å². The molecule has 0 spiro atoms. The third-order valence-corrected chi connectivity index (χ3v) is 3.62. The van der Waals surface area contributed by atoms with Gasteiger partial charge in [0.25, 0.3) is 0 Å². The van der Waals surface area contributed by atoms with Gasteiger partial charge in [-0.2, -0.15) is 0 Å². The van der Waals surface area contributed by atoms with E-state index < -0.39 is 11.4 Å². The van der Waals surface area contributed by atoms with E-state index in [-0.39, 0.29) is 5.91 Å². The van der Waals surface area contributed by atoms with Crippen molar-refractivity contribution in [2.75, 3.05) is 7.05 Å². The molecule has 1 saturated heterocycles. The fourth-order valence-electron chi connectivity index (χ4n) is 1.95. The Morgan fingerprint density at radius 3 is 2.47 bits per heavy atom. The zero-order valence-electron chi connectivity index (χ0n) is 9.29. The molecule has 1 rings (SSSR count). The number of hydrogen-bond donors (Lipinski definition) is 1. The van der Waals surface area contributed by atoms with Gasteiger partial charge in [0, 0.05) is 7.05 Å². The number of urea groups is 1. The zero-order chi connectivity index (χ0) is 11.6. The molecule has 3 amide bonds. The summed E-state index contributed by atoms with van der Waals surface area (Å²) in [6.45, 7) is 3.93. The first-order valence-electron chi connectivity index (χ1n) is 5.13. The minimum Gasteiger partial charge on any atom is -0.290 e. The average Bonchev–Trinajstić information content (AvgIpc) is 2.21. The molecule has 0 aromatic carbocycles. The Labute approximate surface area is 95.0 Å². The lowest BCUT2D eigenvalue weighted by Crippen LogP contribution is -2.61. The van der Waals surface area contributed by atoms with Crippen molar-refractivity contribution in [1.82, 2.24) is 10.2 Å². The smallest absolute Gasteiger partial charge is 0.290 e. The first-order valence-corrected chi connectivity index (χ1v) is 5.54. The summed E-state index contributed by atoms with van der Waals surface area (Å²) in [7, 11) is 1.60. The van der Waals surface area contributed by atoms with E-state index in [0.717, 1.165) is 6.42 Å². The summed E-state index contributed by atoms with van der Waals surface area (Å²) in [5.74, 6) is -0.250. The molecule has 1 aliphatic rings. The second kappa shape index (κ2) is 4.26. The monoisotopic (exact) mass is 228 g/mol. The fraction of sp³-hybridized carbons (Fsp3) is 0.700. The van der Waals surface area contributed by atoms with E-state index in [1.807, 2.05) is 13.8 Å². The number of hydrogen-bond acceptors (Lipinski definition) is 3. The maximum atomic E-state index is 11.9. The first kappa shape index (κ1) is 12.1. The van der Waals surface area contributed by atoms with E-state index in [4.69, 9.17) is 12.2 Å². The Bertz CT molecular complexity index is 317. The predicted molar refractivity (Wildman–Crippen MR) is 61.5 cm³/mol. The van der Waals surface area contributed by atoms with Crippen LogP contribution < -0.4 is 5.32 Å². The Kier molecular flexibility index (Phi) is 3.44. The fourth-order valence-corrected chi connectivity index (χ4v) is 2.37. The lowest BCUT2D eigenvalue weighted by Gasteiger charge is -2.39. The number of nitrogens with one attached hydrogen (secondary N) is 1. The molecule has 4 nitrogen and oxygen atoms in total. The summed E-state index contributed by atoms with van der Waals surface area (Å²) < 4.78 is 0. The van der Waals surface area contributed by atoms with Gasteiger partial charge in [0.15, 0.2) is 0 Å². The predicted octanol–water partition coefficient (Wildman–Crippen LogP) is 1.69. The molecule has 0 aromatic heterocycles. The van der Waals surface area contributed by atoms with E-state index in [1.165, 1.54) is 4.90 Å². The number of carbonyl (C=O) groups is 2. The van der Waals surface area contributed by atoms with Crippen LogP contribution in [0.25, 0.3) is 0 Å². The number of imide groups is 1. The summed E-state index contributed by atoms with van der Waals surface area (Å²) in [4.78, 5) is 25.0. The molecule has 0 saturated carbocycles. The van der Waals surface area contributed by atoms with Gasteiger partial charge in [-0.25, -0.2) is 4.79 Å². The maximum absolute atomic E-state index is 11.9. The van der Waals surface area contributed by atoms with E-state index in [0.29, 0.717) is 17.8 Å². The molecular weight excluding hydrogens is 212 g/mol. The Balaban J connectivity index is 3.09. The molecule has 1 heterocycles. The first-order chi connectivity index (χ1) is 6.99. The largest absolute Gasteiger partial charge is 0.328 e. The highest BCUT2D eigenvalue weighted by Crippen LogP contribution is 2.34. The standard InChI is InChI=1S/C10H16N2O2S/c1-4-6-10(5-2)7(13)11-9(14)12(3)8(10)15/h4-6H2,1-3H3,(H,11,13,14). The number of rotatable bonds is 3. The molecular formula is C10H16N2O2S. The van der Waals surface area contributed by atoms with Gasteiger partial charge in [0.05, 0.1) is 0 Å². The molecule has 5 heteroatoms. The number of nitrogens with zero attached hydrogens (tertiary/aromatic N) is 1. The summed E-state index contributed by atoms with van der Waals surface area (Å²) in [6.07, 6.45) is 2.18. The van der Waals surface area contributed by atoms with Gasteiger partial charge in [-0.3, -0.25) is 15.0 Å². The highest BCUT2D eigenvalue weighted by molar-refractivity contribution is 7.80. The summed E-state index contributed by atoms with van der Waals surface area (Å²) in [5, 5.41) is 2.35. The highest BCUT2D eigenvalue weighted by atomic mass is 32.1. The van der Waals surface area contributed by atoms with E-state index >= 15 is 0 Å². The normalized spacial score (nSPS) is 26.9. The van der Waals surface area contributed by atoms with Gasteiger partial charge in [0.2, 0.25) is 5.91 Å². The van der Waals surface area contributed by atoms with Crippen LogP contribution in [-0.2, 0) is 4.79 Å². The second-order valence-corrected chi connectivity index (χ2v) is 4.20. The van der Waals surface area contributed by atoms with Crippen LogP contribution in [0.1, 0.15) is 33.1 Å². The van der Waals surface area contributed by atoms with Gasteiger partial charge < -0.3 is 0 Å². The Morgan fingerprint density at radius 2 is 2.00 bits per heavy atom. The van der Waals surface area contributed by atoms with Crippen molar-refractivity contribution in [2.24, 2.45) is 5.41 Å². The lowest BCUT2D eigenvalue weighted by atomic mass is 9.78. The summed E-state index contributed by atoms with van der Waals surface area (Å²) >= 11 is 5.22. The van der Waals surface area contributed by atoms with Crippen molar-refractivity contribution in [1.29, 1.82) is 0 Å². The number of carbonyl (C=O) groups excluding carboxylic acids is 2. The SMILES string of the molecule is CCCC1(CC)C(=O)NC(=O)N(C)C1=S. The van der Waals surface area contributed by atoms with Gasteiger partial charge in [0.1, 0.15) is 10.4 Å². The lowest BCUT2D eigenvalue weighted by molar-refractivity contribution is -0.128. The summed E-state index contributed by atoms with van der Waals surface area (Å²) in [5.41, 5.74) is -0.674. The molecule has 1 unspecified atom stereocenters.